The summed E-state index contributed by atoms with van der Waals surface area (Å²) in [5.41, 5.74) is 0.743. The van der Waals surface area contributed by atoms with E-state index >= 15 is 0 Å². The van der Waals surface area contributed by atoms with Gasteiger partial charge in [0.2, 0.25) is 11.8 Å². The van der Waals surface area contributed by atoms with Gasteiger partial charge in [0, 0.05) is 23.7 Å². The van der Waals surface area contributed by atoms with Crippen molar-refractivity contribution in [3.63, 3.8) is 0 Å². The van der Waals surface area contributed by atoms with Gasteiger partial charge >= 0.3 is 0 Å². The molecule has 5 nitrogen and oxygen atoms in total. The van der Waals surface area contributed by atoms with E-state index in [1.54, 1.807) is 21.0 Å². The van der Waals surface area contributed by atoms with E-state index in [1.807, 2.05) is 48.5 Å². The molecule has 0 saturated heterocycles. The molecule has 0 aliphatic carbocycles. The Balaban J connectivity index is 1.86. The summed E-state index contributed by atoms with van der Waals surface area (Å²) >= 11 is 5.86. The first-order valence-corrected chi connectivity index (χ1v) is 9.15. The van der Waals surface area contributed by atoms with Crippen LogP contribution in [0, 0.1) is 5.41 Å². The number of carbonyl (C=O) groups excluding carboxylic acids is 2. The maximum Gasteiger partial charge on any atom is 0.235 e. The molecule has 144 valence electrons. The van der Waals surface area contributed by atoms with Gasteiger partial charge in [0.25, 0.3) is 0 Å². The number of benzene rings is 2. The zero-order chi connectivity index (χ0) is 19.9. The Labute approximate surface area is 165 Å². The highest BCUT2D eigenvalue weighted by molar-refractivity contribution is 6.30. The summed E-state index contributed by atoms with van der Waals surface area (Å²) in [7, 11) is 1.58. The number of hydrogen-bond acceptors (Lipinski definition) is 3. The highest BCUT2D eigenvalue weighted by atomic mass is 35.5. The summed E-state index contributed by atoms with van der Waals surface area (Å²) in [5.74, 6) is 0.0504. The van der Waals surface area contributed by atoms with Gasteiger partial charge in [-0.1, -0.05) is 41.9 Å². The summed E-state index contributed by atoms with van der Waals surface area (Å²) in [6, 6.07) is 14.9. The van der Waals surface area contributed by atoms with Gasteiger partial charge in [-0.25, -0.2) is 0 Å². The number of carbonyl (C=O) groups is 2. The number of rotatable bonds is 8. The molecule has 0 bridgehead atoms. The van der Waals surface area contributed by atoms with Crippen molar-refractivity contribution >= 4 is 23.4 Å². The monoisotopic (exact) mass is 388 g/mol. The summed E-state index contributed by atoms with van der Waals surface area (Å²) in [5, 5.41) is 6.32. The Bertz CT molecular complexity index is 788. The number of methoxy groups -OCH3 is 1. The third-order valence-corrected chi connectivity index (χ3v) is 4.63. The molecular formula is C21H25ClN2O3. The average Bonchev–Trinajstić information content (AvgIpc) is 2.67. The molecule has 2 rings (SSSR count). The molecule has 2 aromatic rings. The SMILES string of the molecule is COc1ccccc1CNC(=O)C(C)(C)C(=O)NCCc1ccc(Cl)cc1. The molecule has 2 aromatic carbocycles. The number of amides is 2. The van der Waals surface area contributed by atoms with Crippen molar-refractivity contribution in [3.05, 3.63) is 64.7 Å². The lowest BCUT2D eigenvalue weighted by Crippen LogP contribution is -2.48. The van der Waals surface area contributed by atoms with Gasteiger partial charge in [-0.15, -0.1) is 0 Å². The lowest BCUT2D eigenvalue weighted by atomic mass is 9.91. The minimum atomic E-state index is -1.18. The Morgan fingerprint density at radius 1 is 1.00 bits per heavy atom. The van der Waals surface area contributed by atoms with Crippen LogP contribution in [0.2, 0.25) is 5.02 Å². The van der Waals surface area contributed by atoms with Crippen LogP contribution in [0.15, 0.2) is 48.5 Å². The number of halogens is 1. The van der Waals surface area contributed by atoms with Crippen LogP contribution in [0.1, 0.15) is 25.0 Å². The first kappa shape index (κ1) is 20.8. The van der Waals surface area contributed by atoms with Crippen LogP contribution in [0.3, 0.4) is 0 Å². The number of para-hydroxylation sites is 1. The van der Waals surface area contributed by atoms with Crippen LogP contribution in [0.5, 0.6) is 5.75 Å². The van der Waals surface area contributed by atoms with Gasteiger partial charge in [0.1, 0.15) is 11.2 Å². The zero-order valence-electron chi connectivity index (χ0n) is 15.8. The highest BCUT2D eigenvalue weighted by Gasteiger charge is 2.35. The van der Waals surface area contributed by atoms with Gasteiger partial charge in [-0.2, -0.15) is 0 Å². The van der Waals surface area contributed by atoms with Gasteiger partial charge in [-0.3, -0.25) is 9.59 Å². The maximum atomic E-state index is 12.5. The zero-order valence-corrected chi connectivity index (χ0v) is 16.6. The van der Waals surface area contributed by atoms with Crippen LogP contribution < -0.4 is 15.4 Å². The van der Waals surface area contributed by atoms with E-state index in [4.69, 9.17) is 16.3 Å². The van der Waals surface area contributed by atoms with E-state index in [0.717, 1.165) is 11.1 Å². The van der Waals surface area contributed by atoms with E-state index in [1.165, 1.54) is 0 Å². The molecule has 0 spiro atoms. The van der Waals surface area contributed by atoms with Gasteiger partial charge in [-0.05, 0) is 44.0 Å². The molecule has 0 radical (unpaired) electrons. The Morgan fingerprint density at radius 3 is 2.30 bits per heavy atom. The summed E-state index contributed by atoms with van der Waals surface area (Å²) in [6.07, 6.45) is 0.668. The lowest BCUT2D eigenvalue weighted by Gasteiger charge is -2.23. The Morgan fingerprint density at radius 2 is 1.63 bits per heavy atom. The van der Waals surface area contributed by atoms with Crippen molar-refractivity contribution in [2.45, 2.75) is 26.8 Å². The molecule has 0 aromatic heterocycles. The van der Waals surface area contributed by atoms with Crippen LogP contribution in [0.4, 0.5) is 0 Å². The first-order chi connectivity index (χ1) is 12.8. The van der Waals surface area contributed by atoms with Crippen LogP contribution in [-0.4, -0.2) is 25.5 Å². The third kappa shape index (κ3) is 5.73. The predicted octanol–water partition coefficient (Wildman–Crippen LogP) is 3.35. The largest absolute Gasteiger partial charge is 0.496 e. The molecule has 0 heterocycles. The molecule has 2 N–H and O–H groups in total. The lowest BCUT2D eigenvalue weighted by molar-refractivity contribution is -0.141. The summed E-state index contributed by atoms with van der Waals surface area (Å²) in [6.45, 7) is 3.97. The predicted molar refractivity (Wildman–Crippen MR) is 107 cm³/mol. The first-order valence-electron chi connectivity index (χ1n) is 8.77. The number of hydrogen-bond donors (Lipinski definition) is 2. The molecule has 0 atom stereocenters. The molecule has 0 unspecified atom stereocenters. The van der Waals surface area contributed by atoms with Crippen molar-refractivity contribution in [1.82, 2.24) is 10.6 Å². The average molecular weight is 389 g/mol. The second-order valence-electron chi connectivity index (χ2n) is 6.75. The van der Waals surface area contributed by atoms with Crippen molar-refractivity contribution in [1.29, 1.82) is 0 Å². The minimum absolute atomic E-state index is 0.296. The number of nitrogens with one attached hydrogen (secondary N) is 2. The van der Waals surface area contributed by atoms with Gasteiger partial charge in [0.05, 0.1) is 7.11 Å². The molecule has 6 heteroatoms. The molecular weight excluding hydrogens is 364 g/mol. The molecule has 0 aliphatic heterocycles. The van der Waals surface area contributed by atoms with E-state index in [-0.39, 0.29) is 11.8 Å². The molecule has 27 heavy (non-hydrogen) atoms. The quantitative estimate of drug-likeness (QED) is 0.681. The minimum Gasteiger partial charge on any atom is -0.496 e. The van der Waals surface area contributed by atoms with Gasteiger partial charge < -0.3 is 15.4 Å². The fourth-order valence-corrected chi connectivity index (χ4v) is 2.67. The van der Waals surface area contributed by atoms with Crippen LogP contribution >= 0.6 is 11.6 Å². The second kappa shape index (κ2) is 9.42. The summed E-state index contributed by atoms with van der Waals surface area (Å²) in [4.78, 5) is 25.0. The smallest absolute Gasteiger partial charge is 0.235 e. The number of ether oxygens (including phenoxy) is 1. The maximum absolute atomic E-state index is 12.5. The van der Waals surface area contributed by atoms with E-state index in [2.05, 4.69) is 10.6 Å². The van der Waals surface area contributed by atoms with Crippen molar-refractivity contribution in [2.75, 3.05) is 13.7 Å². The second-order valence-corrected chi connectivity index (χ2v) is 7.19. The van der Waals surface area contributed by atoms with Crippen molar-refractivity contribution < 1.29 is 14.3 Å². The topological polar surface area (TPSA) is 67.4 Å². The van der Waals surface area contributed by atoms with Crippen LogP contribution in [0.25, 0.3) is 0 Å². The molecule has 0 fully saturated rings. The molecule has 0 saturated carbocycles. The Hall–Kier alpha value is -2.53. The summed E-state index contributed by atoms with van der Waals surface area (Å²) < 4.78 is 5.27. The standard InChI is InChI=1S/C21H25ClN2O3/c1-21(2,19(25)23-13-12-15-8-10-17(22)11-9-15)20(26)24-14-16-6-4-5-7-18(16)27-3/h4-11H,12-14H2,1-3H3,(H,23,25)(H,24,26). The van der Waals surface area contributed by atoms with Crippen molar-refractivity contribution in [3.8, 4) is 5.75 Å². The molecule has 2 amide bonds. The molecule has 0 aliphatic rings. The fourth-order valence-electron chi connectivity index (χ4n) is 2.54. The van der Waals surface area contributed by atoms with Crippen LogP contribution in [-0.2, 0) is 22.6 Å². The highest BCUT2D eigenvalue weighted by Crippen LogP contribution is 2.19. The van der Waals surface area contributed by atoms with E-state index in [9.17, 15) is 9.59 Å². The Kier molecular flexibility index (Phi) is 7.25. The normalized spacial score (nSPS) is 11.0. The van der Waals surface area contributed by atoms with Crippen molar-refractivity contribution in [2.24, 2.45) is 5.41 Å². The fraction of sp³-hybridized carbons (Fsp3) is 0.333. The van der Waals surface area contributed by atoms with E-state index in [0.29, 0.717) is 30.3 Å². The van der Waals surface area contributed by atoms with Gasteiger partial charge in [0.15, 0.2) is 0 Å². The third-order valence-electron chi connectivity index (χ3n) is 4.38. The van der Waals surface area contributed by atoms with E-state index < -0.39 is 5.41 Å².